The van der Waals surface area contributed by atoms with Crippen molar-refractivity contribution >= 4 is 29.9 Å². The Morgan fingerprint density at radius 2 is 2.00 bits per heavy atom. The number of hydrogen-bond acceptors (Lipinski definition) is 5. The second-order valence-electron chi connectivity index (χ2n) is 6.51. The van der Waals surface area contributed by atoms with Crippen LogP contribution in [-0.4, -0.2) is 43.7 Å². The summed E-state index contributed by atoms with van der Waals surface area (Å²) in [5.41, 5.74) is 6.36. The summed E-state index contributed by atoms with van der Waals surface area (Å²) in [4.78, 5) is 23.6. The van der Waals surface area contributed by atoms with Crippen LogP contribution in [0.5, 0.6) is 5.75 Å². The molecule has 0 aliphatic carbocycles. The number of carbonyl (C=O) groups is 2. The number of benzene rings is 1. The minimum absolute atomic E-state index is 0. The van der Waals surface area contributed by atoms with Gasteiger partial charge in [-0.1, -0.05) is 13.8 Å². The van der Waals surface area contributed by atoms with E-state index in [0.717, 1.165) is 25.2 Å². The van der Waals surface area contributed by atoms with E-state index in [2.05, 4.69) is 10.6 Å². The van der Waals surface area contributed by atoms with Gasteiger partial charge in [-0.3, -0.25) is 9.59 Å². The number of nitrogens with one attached hydrogen (secondary N) is 2. The van der Waals surface area contributed by atoms with Crippen molar-refractivity contribution in [3.05, 3.63) is 24.3 Å². The molecule has 1 aliphatic rings. The smallest absolute Gasteiger partial charge is 0.243 e. The number of ether oxygens (including phenoxy) is 2. The van der Waals surface area contributed by atoms with Crippen LogP contribution in [0.4, 0.5) is 5.69 Å². The fourth-order valence-electron chi connectivity index (χ4n) is 2.39. The molecule has 0 spiro atoms. The maximum absolute atomic E-state index is 11.9. The van der Waals surface area contributed by atoms with Gasteiger partial charge in [-0.25, -0.2) is 0 Å². The first-order valence-electron chi connectivity index (χ1n) is 8.63. The van der Waals surface area contributed by atoms with Crippen LogP contribution in [0.25, 0.3) is 0 Å². The Hall–Kier alpha value is -1.83. The summed E-state index contributed by atoms with van der Waals surface area (Å²) in [6, 6.07) is 6.47. The summed E-state index contributed by atoms with van der Waals surface area (Å²) in [6.45, 7) is 4.93. The van der Waals surface area contributed by atoms with Gasteiger partial charge in [-0.05, 0) is 43.0 Å². The van der Waals surface area contributed by atoms with E-state index in [4.69, 9.17) is 15.2 Å². The Labute approximate surface area is 160 Å². The molecule has 1 saturated heterocycles. The summed E-state index contributed by atoms with van der Waals surface area (Å²) >= 11 is 0. The van der Waals surface area contributed by atoms with Crippen molar-refractivity contribution in [2.45, 2.75) is 38.8 Å². The third-order valence-corrected chi connectivity index (χ3v) is 4.04. The van der Waals surface area contributed by atoms with E-state index in [9.17, 15) is 9.59 Å². The molecule has 1 aromatic rings. The lowest BCUT2D eigenvalue weighted by atomic mass is 10.1. The van der Waals surface area contributed by atoms with E-state index in [1.165, 1.54) is 0 Å². The van der Waals surface area contributed by atoms with Gasteiger partial charge in [-0.2, -0.15) is 0 Å². The molecular weight excluding hydrogens is 358 g/mol. The first-order chi connectivity index (χ1) is 12.0. The highest BCUT2D eigenvalue weighted by atomic mass is 35.5. The maximum atomic E-state index is 11.9. The van der Waals surface area contributed by atoms with Crippen LogP contribution in [0.15, 0.2) is 24.3 Å². The third kappa shape index (κ3) is 7.19. The van der Waals surface area contributed by atoms with E-state index in [0.29, 0.717) is 12.3 Å². The van der Waals surface area contributed by atoms with Gasteiger partial charge in [0.25, 0.3) is 0 Å². The highest BCUT2D eigenvalue weighted by Gasteiger charge is 2.18. The quantitative estimate of drug-likeness (QED) is 0.632. The second-order valence-corrected chi connectivity index (χ2v) is 6.51. The van der Waals surface area contributed by atoms with Crippen molar-refractivity contribution < 1.29 is 19.1 Å². The van der Waals surface area contributed by atoms with Crippen molar-refractivity contribution in [3.63, 3.8) is 0 Å². The van der Waals surface area contributed by atoms with E-state index in [-0.39, 0.29) is 42.8 Å². The Morgan fingerprint density at radius 1 is 1.31 bits per heavy atom. The fourth-order valence-corrected chi connectivity index (χ4v) is 2.39. The standard InChI is InChI=1S/C18H27N3O4.ClH/c1-12(2)17(19)18(23)20-10-16(22)21-13-5-7-14(8-6-13)25-11-15-4-3-9-24-15;/h5-8,12,15,17H,3-4,9-11,19H2,1-2H3,(H,20,23)(H,21,22);1H/t15?,17-;/m0./s1. The van der Waals surface area contributed by atoms with Crippen LogP contribution in [0.2, 0.25) is 0 Å². The third-order valence-electron chi connectivity index (χ3n) is 4.04. The molecule has 0 saturated carbocycles. The van der Waals surface area contributed by atoms with Crippen molar-refractivity contribution in [1.82, 2.24) is 5.32 Å². The van der Waals surface area contributed by atoms with Gasteiger partial charge in [0.05, 0.1) is 18.7 Å². The maximum Gasteiger partial charge on any atom is 0.243 e. The molecule has 4 N–H and O–H groups in total. The highest BCUT2D eigenvalue weighted by molar-refractivity contribution is 5.95. The van der Waals surface area contributed by atoms with Gasteiger partial charge >= 0.3 is 0 Å². The molecule has 1 heterocycles. The molecule has 0 bridgehead atoms. The first kappa shape index (κ1) is 22.2. The molecule has 1 aromatic carbocycles. The average Bonchev–Trinajstić information content (AvgIpc) is 3.12. The lowest BCUT2D eigenvalue weighted by Gasteiger charge is -2.15. The van der Waals surface area contributed by atoms with Gasteiger partial charge in [0, 0.05) is 12.3 Å². The number of nitrogens with two attached hydrogens (primary N) is 1. The zero-order valence-electron chi connectivity index (χ0n) is 15.2. The van der Waals surface area contributed by atoms with Crippen LogP contribution >= 0.6 is 12.4 Å². The van der Waals surface area contributed by atoms with Gasteiger partial charge in [0.2, 0.25) is 11.8 Å². The molecule has 1 fully saturated rings. The van der Waals surface area contributed by atoms with Crippen LogP contribution < -0.4 is 21.1 Å². The van der Waals surface area contributed by atoms with E-state index < -0.39 is 6.04 Å². The first-order valence-corrected chi connectivity index (χ1v) is 8.63. The van der Waals surface area contributed by atoms with Crippen LogP contribution in [0.3, 0.4) is 0 Å². The number of carbonyl (C=O) groups excluding carboxylic acids is 2. The molecule has 2 rings (SSSR count). The predicted octanol–water partition coefficient (Wildman–Crippen LogP) is 1.70. The lowest BCUT2D eigenvalue weighted by Crippen LogP contribution is -2.46. The molecule has 1 aliphatic heterocycles. The van der Waals surface area contributed by atoms with Gasteiger partial charge in [0.15, 0.2) is 0 Å². The second kappa shape index (κ2) is 11.0. The molecule has 26 heavy (non-hydrogen) atoms. The van der Waals surface area contributed by atoms with Crippen LogP contribution in [0.1, 0.15) is 26.7 Å². The summed E-state index contributed by atoms with van der Waals surface area (Å²) in [7, 11) is 0. The number of hydrogen-bond donors (Lipinski definition) is 3. The number of anilines is 1. The zero-order chi connectivity index (χ0) is 18.2. The molecule has 2 amide bonds. The molecule has 1 unspecified atom stereocenters. The Balaban J connectivity index is 0.00000338. The largest absolute Gasteiger partial charge is 0.491 e. The van der Waals surface area contributed by atoms with E-state index >= 15 is 0 Å². The van der Waals surface area contributed by atoms with E-state index in [1.54, 1.807) is 24.3 Å². The van der Waals surface area contributed by atoms with Crippen molar-refractivity contribution in [3.8, 4) is 5.75 Å². The zero-order valence-corrected chi connectivity index (χ0v) is 16.0. The fraction of sp³-hybridized carbons (Fsp3) is 0.556. The number of rotatable bonds is 8. The molecule has 8 heteroatoms. The Morgan fingerprint density at radius 3 is 2.58 bits per heavy atom. The molecular formula is C18H28ClN3O4. The summed E-state index contributed by atoms with van der Waals surface area (Å²) in [5.74, 6) is 0.107. The molecule has 2 atom stereocenters. The molecule has 7 nitrogen and oxygen atoms in total. The van der Waals surface area contributed by atoms with Gasteiger partial charge < -0.3 is 25.8 Å². The Kier molecular flexibility index (Phi) is 9.40. The van der Waals surface area contributed by atoms with Crippen LogP contribution in [-0.2, 0) is 14.3 Å². The summed E-state index contributed by atoms with van der Waals surface area (Å²) in [6.07, 6.45) is 2.28. The topological polar surface area (TPSA) is 103 Å². The average molecular weight is 386 g/mol. The van der Waals surface area contributed by atoms with Crippen molar-refractivity contribution in [2.24, 2.45) is 11.7 Å². The van der Waals surface area contributed by atoms with Crippen molar-refractivity contribution in [2.75, 3.05) is 25.1 Å². The minimum Gasteiger partial charge on any atom is -0.491 e. The van der Waals surface area contributed by atoms with E-state index in [1.807, 2.05) is 13.8 Å². The number of halogens is 1. The summed E-state index contributed by atoms with van der Waals surface area (Å²) in [5, 5.41) is 5.25. The highest BCUT2D eigenvalue weighted by Crippen LogP contribution is 2.18. The lowest BCUT2D eigenvalue weighted by molar-refractivity contribution is -0.125. The van der Waals surface area contributed by atoms with Crippen LogP contribution in [0, 0.1) is 5.92 Å². The SMILES string of the molecule is CC(C)[C@H](N)C(=O)NCC(=O)Nc1ccc(OCC2CCCO2)cc1.Cl. The van der Waals surface area contributed by atoms with Crippen molar-refractivity contribution in [1.29, 1.82) is 0 Å². The van der Waals surface area contributed by atoms with Gasteiger partial charge in [-0.15, -0.1) is 12.4 Å². The summed E-state index contributed by atoms with van der Waals surface area (Å²) < 4.78 is 11.2. The molecule has 0 radical (unpaired) electrons. The van der Waals surface area contributed by atoms with Gasteiger partial charge in [0.1, 0.15) is 12.4 Å². The molecule has 0 aromatic heterocycles. The normalized spacial score (nSPS) is 17.3. The number of amides is 2. The minimum atomic E-state index is -0.618. The Bertz CT molecular complexity index is 574. The molecule has 146 valence electrons. The predicted molar refractivity (Wildman–Crippen MR) is 103 cm³/mol. The monoisotopic (exact) mass is 385 g/mol.